The van der Waals surface area contributed by atoms with Crippen molar-refractivity contribution in [3.63, 3.8) is 0 Å². The summed E-state index contributed by atoms with van der Waals surface area (Å²) in [6.45, 7) is 0.613. The Morgan fingerprint density at radius 2 is 1.73 bits per heavy atom. The third-order valence-corrected chi connectivity index (χ3v) is 9.28. The van der Waals surface area contributed by atoms with Crippen molar-refractivity contribution in [3.8, 4) is 22.5 Å². The van der Waals surface area contributed by atoms with Crippen LogP contribution in [0.1, 0.15) is 41.2 Å². The number of alkyl halides is 3. The zero-order valence-corrected chi connectivity index (χ0v) is 24.8. The molecule has 0 radical (unpaired) electrons. The van der Waals surface area contributed by atoms with Crippen molar-refractivity contribution in [2.75, 3.05) is 6.26 Å². The minimum atomic E-state index is -4.69. The molecule has 1 fully saturated rings. The molecule has 5 aromatic rings. The van der Waals surface area contributed by atoms with Crippen LogP contribution in [0.15, 0.2) is 71.9 Å². The van der Waals surface area contributed by atoms with E-state index < -0.39 is 39.5 Å². The lowest BCUT2D eigenvalue weighted by atomic mass is 9.92. The van der Waals surface area contributed by atoms with Crippen molar-refractivity contribution >= 4 is 21.4 Å². The molecule has 14 heteroatoms. The number of aliphatic hydroxyl groups is 1. The normalized spacial score (nSPS) is 14.6. The van der Waals surface area contributed by atoms with Crippen molar-refractivity contribution < 1.29 is 31.1 Å². The molecule has 228 valence electrons. The van der Waals surface area contributed by atoms with Gasteiger partial charge in [0.25, 0.3) is 0 Å². The molecule has 0 aliphatic heterocycles. The van der Waals surface area contributed by atoms with Crippen LogP contribution in [0.3, 0.4) is 0 Å². The maximum atomic E-state index is 15.1. The van der Waals surface area contributed by atoms with Crippen LogP contribution in [0.2, 0.25) is 5.02 Å². The summed E-state index contributed by atoms with van der Waals surface area (Å²) in [4.78, 5) is 3.34. The molecule has 1 saturated carbocycles. The van der Waals surface area contributed by atoms with Gasteiger partial charge in [0.2, 0.25) is 0 Å². The zero-order chi connectivity index (χ0) is 31.6. The maximum absolute atomic E-state index is 15.1. The summed E-state index contributed by atoms with van der Waals surface area (Å²) < 4.78 is 83.7. The van der Waals surface area contributed by atoms with Gasteiger partial charge in [-0.05, 0) is 72.9 Å². The van der Waals surface area contributed by atoms with E-state index in [9.17, 15) is 26.7 Å². The molecule has 0 unspecified atom stereocenters. The molecule has 0 atom stereocenters. The van der Waals surface area contributed by atoms with Crippen LogP contribution in [0, 0.1) is 12.7 Å². The van der Waals surface area contributed by atoms with Gasteiger partial charge in [-0.2, -0.15) is 13.2 Å². The number of benzene rings is 3. The SMILES string of the molecule is Cc1nc(C(F)(F)F)cn1-c1ccc(-c2cc(F)c(CO)c(S(C)(=O)=O)c2)cc1-n1nncc1C1(c2ccc(Cl)cc2)CC1. The van der Waals surface area contributed by atoms with Gasteiger partial charge in [0.1, 0.15) is 11.6 Å². The highest BCUT2D eigenvalue weighted by molar-refractivity contribution is 7.90. The van der Waals surface area contributed by atoms with Gasteiger partial charge >= 0.3 is 6.18 Å². The number of hydrogen-bond donors (Lipinski definition) is 1. The second-order valence-corrected chi connectivity index (χ2v) is 13.2. The molecule has 0 spiro atoms. The van der Waals surface area contributed by atoms with Gasteiger partial charge in [-0.1, -0.05) is 35.0 Å². The highest BCUT2D eigenvalue weighted by Gasteiger charge is 2.49. The van der Waals surface area contributed by atoms with Crippen LogP contribution < -0.4 is 0 Å². The molecule has 3 aromatic carbocycles. The fourth-order valence-corrected chi connectivity index (χ4v) is 6.59. The van der Waals surface area contributed by atoms with E-state index in [1.807, 2.05) is 12.1 Å². The lowest BCUT2D eigenvalue weighted by molar-refractivity contribution is -0.141. The Hall–Kier alpha value is -4.07. The lowest BCUT2D eigenvalue weighted by Gasteiger charge is -2.20. The topological polar surface area (TPSA) is 103 Å². The number of imidazole rings is 1. The van der Waals surface area contributed by atoms with Crippen LogP contribution in [0.25, 0.3) is 22.5 Å². The van der Waals surface area contributed by atoms with Crippen LogP contribution in [0.4, 0.5) is 17.6 Å². The summed E-state index contributed by atoms with van der Waals surface area (Å²) in [6.07, 6.45) is 0.212. The van der Waals surface area contributed by atoms with Crippen LogP contribution in [-0.4, -0.2) is 44.3 Å². The van der Waals surface area contributed by atoms with Crippen molar-refractivity contribution in [2.24, 2.45) is 0 Å². The first-order chi connectivity index (χ1) is 20.7. The Kier molecular flexibility index (Phi) is 7.17. The van der Waals surface area contributed by atoms with Gasteiger partial charge in [-0.15, -0.1) is 5.10 Å². The molecule has 0 saturated heterocycles. The molecule has 1 N–H and O–H groups in total. The van der Waals surface area contributed by atoms with Gasteiger partial charge < -0.3 is 9.67 Å². The molecule has 0 bridgehead atoms. The number of halogens is 5. The van der Waals surface area contributed by atoms with Crippen molar-refractivity contribution in [1.82, 2.24) is 24.5 Å². The summed E-state index contributed by atoms with van der Waals surface area (Å²) in [7, 11) is -3.93. The second-order valence-electron chi connectivity index (χ2n) is 10.7. The highest BCUT2D eigenvalue weighted by atomic mass is 35.5. The first kappa shape index (κ1) is 30.0. The standard InChI is InChI=1S/C30H24ClF4N5O3S/c1-17-37-27(30(33,34)35)15-39(17)24-8-3-18(19-11-23(32)22(16-41)26(13-19)44(2,42)43)12-25(24)40-28(14-36-38-40)29(9-10-29)20-4-6-21(31)7-5-20/h3-8,11-15,41H,9-10,16H2,1-2H3. The molecule has 2 heterocycles. The molecule has 1 aliphatic carbocycles. The Morgan fingerprint density at radius 3 is 2.32 bits per heavy atom. The Labute approximate surface area is 254 Å². The predicted octanol–water partition coefficient (Wildman–Crippen LogP) is 6.22. The zero-order valence-electron chi connectivity index (χ0n) is 23.3. The Morgan fingerprint density at radius 1 is 1.02 bits per heavy atom. The van der Waals surface area contributed by atoms with E-state index in [1.165, 1.54) is 34.4 Å². The number of aryl methyl sites for hydroxylation is 1. The van der Waals surface area contributed by atoms with Gasteiger partial charge in [-0.3, -0.25) is 0 Å². The fraction of sp³-hybridized carbons (Fsp3) is 0.233. The minimum Gasteiger partial charge on any atom is -0.392 e. The Bertz CT molecular complexity index is 2020. The molecule has 8 nitrogen and oxygen atoms in total. The van der Waals surface area contributed by atoms with Gasteiger partial charge in [-0.25, -0.2) is 22.5 Å². The number of aliphatic hydroxyl groups excluding tert-OH is 1. The van der Waals surface area contributed by atoms with E-state index in [4.69, 9.17) is 11.6 Å². The second kappa shape index (κ2) is 10.5. The molecule has 1 aliphatic rings. The van der Waals surface area contributed by atoms with Gasteiger partial charge in [0.05, 0.1) is 34.8 Å². The molecule has 6 rings (SSSR count). The first-order valence-corrected chi connectivity index (χ1v) is 15.6. The van der Waals surface area contributed by atoms with Gasteiger partial charge in [0.15, 0.2) is 15.5 Å². The average Bonchev–Trinajstić information content (AvgIpc) is 3.42. The van der Waals surface area contributed by atoms with Crippen LogP contribution in [0.5, 0.6) is 0 Å². The van der Waals surface area contributed by atoms with Crippen LogP contribution in [-0.2, 0) is 28.0 Å². The van der Waals surface area contributed by atoms with E-state index in [2.05, 4.69) is 15.3 Å². The fourth-order valence-electron chi connectivity index (χ4n) is 5.52. The van der Waals surface area contributed by atoms with Crippen molar-refractivity contribution in [1.29, 1.82) is 0 Å². The number of nitrogens with zero attached hydrogens (tertiary/aromatic N) is 5. The summed E-state index contributed by atoms with van der Waals surface area (Å²) in [6, 6.07) is 14.3. The predicted molar refractivity (Wildman–Crippen MR) is 154 cm³/mol. The lowest BCUT2D eigenvalue weighted by Crippen LogP contribution is -2.17. The third-order valence-electron chi connectivity index (χ3n) is 7.87. The number of hydrogen-bond acceptors (Lipinski definition) is 6. The van der Waals surface area contributed by atoms with Gasteiger partial charge in [0, 0.05) is 28.5 Å². The van der Waals surface area contributed by atoms with E-state index in [-0.39, 0.29) is 27.5 Å². The molecule has 2 aromatic heterocycles. The number of sulfone groups is 1. The number of aromatic nitrogens is 5. The molecule has 0 amide bonds. The summed E-state index contributed by atoms with van der Waals surface area (Å²) in [5, 5.41) is 18.7. The monoisotopic (exact) mass is 645 g/mol. The average molecular weight is 646 g/mol. The minimum absolute atomic E-state index is 0.0598. The van der Waals surface area contributed by atoms with Crippen LogP contribution >= 0.6 is 11.6 Å². The molecular weight excluding hydrogens is 622 g/mol. The number of rotatable bonds is 7. The molecule has 44 heavy (non-hydrogen) atoms. The Balaban J connectivity index is 1.59. The smallest absolute Gasteiger partial charge is 0.392 e. The molecular formula is C30H24ClF4N5O3S. The van der Waals surface area contributed by atoms with E-state index >= 15 is 4.39 Å². The summed E-state index contributed by atoms with van der Waals surface area (Å²) in [5.74, 6) is -0.859. The maximum Gasteiger partial charge on any atom is 0.434 e. The van der Waals surface area contributed by atoms with Crippen molar-refractivity contribution in [3.05, 3.63) is 106 Å². The quantitative estimate of drug-likeness (QED) is 0.211. The first-order valence-electron chi connectivity index (χ1n) is 13.3. The summed E-state index contributed by atoms with van der Waals surface area (Å²) in [5.41, 5.74) is 0.811. The van der Waals surface area contributed by atoms with E-state index in [1.54, 1.807) is 24.4 Å². The van der Waals surface area contributed by atoms with E-state index in [0.717, 1.165) is 36.9 Å². The highest BCUT2D eigenvalue weighted by Crippen LogP contribution is 2.54. The summed E-state index contributed by atoms with van der Waals surface area (Å²) >= 11 is 6.12. The third kappa shape index (κ3) is 5.18. The largest absolute Gasteiger partial charge is 0.434 e. The van der Waals surface area contributed by atoms with Crippen molar-refractivity contribution in [2.45, 2.75) is 42.9 Å². The van der Waals surface area contributed by atoms with E-state index in [0.29, 0.717) is 22.0 Å².